The zero-order valence-electron chi connectivity index (χ0n) is 15.2. The van der Waals surface area contributed by atoms with Crippen molar-refractivity contribution in [2.24, 2.45) is 0 Å². The molecule has 1 fully saturated rings. The van der Waals surface area contributed by atoms with Crippen LogP contribution in [0.1, 0.15) is 28.9 Å². The van der Waals surface area contributed by atoms with Crippen LogP contribution in [-0.4, -0.2) is 53.0 Å². The number of carbonyl (C=O) groups excluding carboxylic acids is 1. The lowest BCUT2D eigenvalue weighted by molar-refractivity contribution is -0.139. The highest BCUT2D eigenvalue weighted by molar-refractivity contribution is 7.11. The molecule has 0 spiro atoms. The van der Waals surface area contributed by atoms with Gasteiger partial charge in [-0.15, -0.1) is 11.3 Å². The van der Waals surface area contributed by atoms with Crippen molar-refractivity contribution in [2.75, 3.05) is 26.2 Å². The Hall–Kier alpha value is -1.92. The van der Waals surface area contributed by atoms with E-state index in [4.69, 9.17) is 9.72 Å². The molecule has 2 heterocycles. The first-order chi connectivity index (χ1) is 12.7. The minimum atomic E-state index is -0.453. The lowest BCUT2D eigenvalue weighted by Crippen LogP contribution is -2.51. The van der Waals surface area contributed by atoms with E-state index < -0.39 is 6.10 Å². The molecule has 4 rings (SSSR count). The maximum atomic E-state index is 12.6. The van der Waals surface area contributed by atoms with E-state index >= 15 is 0 Å². The molecule has 0 N–H and O–H groups in total. The third-order valence-corrected chi connectivity index (χ3v) is 6.23. The molecule has 1 unspecified atom stereocenters. The Morgan fingerprint density at radius 2 is 1.96 bits per heavy atom. The number of amides is 1. The van der Waals surface area contributed by atoms with Crippen LogP contribution in [0.5, 0.6) is 5.75 Å². The predicted molar refractivity (Wildman–Crippen MR) is 103 cm³/mol. The van der Waals surface area contributed by atoms with Crippen LogP contribution < -0.4 is 4.74 Å². The molecule has 1 aromatic heterocycles. The fraction of sp³-hybridized carbons (Fsp3) is 0.500. The summed E-state index contributed by atoms with van der Waals surface area (Å²) in [6.07, 6.45) is 3.16. The number of carbonyl (C=O) groups is 1. The van der Waals surface area contributed by atoms with Gasteiger partial charge in [0.1, 0.15) is 10.8 Å². The molecule has 1 aromatic carbocycles. The fourth-order valence-corrected chi connectivity index (χ4v) is 4.84. The monoisotopic (exact) mass is 371 g/mol. The van der Waals surface area contributed by atoms with Crippen molar-refractivity contribution < 1.29 is 9.53 Å². The SMILES string of the molecule is CC(Oc1ccccc1)C(=O)N1CCN(Cc2nc3c(s2)CCC3)CC1. The van der Waals surface area contributed by atoms with Crippen molar-refractivity contribution in [2.45, 2.75) is 38.8 Å². The molecule has 2 aliphatic rings. The Bertz CT molecular complexity index is 732. The van der Waals surface area contributed by atoms with Crippen LogP contribution in [0.15, 0.2) is 30.3 Å². The smallest absolute Gasteiger partial charge is 0.263 e. The third kappa shape index (κ3) is 3.91. The average Bonchev–Trinajstić information content (AvgIpc) is 3.24. The topological polar surface area (TPSA) is 45.7 Å². The first-order valence-electron chi connectivity index (χ1n) is 9.39. The standard InChI is InChI=1S/C20H25N3O2S/c1-15(25-16-6-3-2-4-7-16)20(24)23-12-10-22(11-13-23)14-19-21-17-8-5-9-18(17)26-19/h2-4,6-7,15H,5,8-14H2,1H3. The van der Waals surface area contributed by atoms with E-state index in [1.807, 2.05) is 53.5 Å². The molecule has 26 heavy (non-hydrogen) atoms. The molecule has 2 aromatic rings. The van der Waals surface area contributed by atoms with Gasteiger partial charge in [0.2, 0.25) is 0 Å². The minimum absolute atomic E-state index is 0.0710. The highest BCUT2D eigenvalue weighted by Crippen LogP contribution is 2.28. The van der Waals surface area contributed by atoms with Gasteiger partial charge in [-0.1, -0.05) is 18.2 Å². The number of hydrogen-bond donors (Lipinski definition) is 0. The zero-order chi connectivity index (χ0) is 17.9. The second-order valence-electron chi connectivity index (χ2n) is 7.01. The molecule has 1 aliphatic heterocycles. The Balaban J connectivity index is 1.26. The molecule has 138 valence electrons. The number of hydrogen-bond acceptors (Lipinski definition) is 5. The predicted octanol–water partition coefficient (Wildman–Crippen LogP) is 2.74. The van der Waals surface area contributed by atoms with Gasteiger partial charge in [0, 0.05) is 31.1 Å². The van der Waals surface area contributed by atoms with Gasteiger partial charge in [-0.2, -0.15) is 0 Å². The van der Waals surface area contributed by atoms with Gasteiger partial charge in [-0.05, 0) is 38.3 Å². The number of rotatable bonds is 5. The number of ether oxygens (including phenoxy) is 1. The Labute approximate surface area is 158 Å². The number of piperazine rings is 1. The summed E-state index contributed by atoms with van der Waals surface area (Å²) in [5.74, 6) is 0.811. The number of benzene rings is 1. The van der Waals surface area contributed by atoms with Crippen LogP contribution in [0.25, 0.3) is 0 Å². The Kier molecular flexibility index (Phi) is 5.22. The molecule has 6 heteroatoms. The molecule has 0 saturated carbocycles. The van der Waals surface area contributed by atoms with Crippen molar-refractivity contribution in [1.29, 1.82) is 0 Å². The van der Waals surface area contributed by atoms with E-state index in [-0.39, 0.29) is 5.91 Å². The largest absolute Gasteiger partial charge is 0.481 e. The second kappa shape index (κ2) is 7.76. The summed E-state index contributed by atoms with van der Waals surface area (Å²) >= 11 is 1.88. The molecule has 1 atom stereocenters. The maximum absolute atomic E-state index is 12.6. The maximum Gasteiger partial charge on any atom is 0.263 e. The quantitative estimate of drug-likeness (QED) is 0.811. The van der Waals surface area contributed by atoms with Gasteiger partial charge in [-0.25, -0.2) is 4.98 Å². The van der Waals surface area contributed by atoms with Crippen LogP contribution in [-0.2, 0) is 24.2 Å². The van der Waals surface area contributed by atoms with Crippen molar-refractivity contribution in [1.82, 2.24) is 14.8 Å². The number of para-hydroxylation sites is 1. The normalized spacial score (nSPS) is 18.6. The molecule has 1 amide bonds. The second-order valence-corrected chi connectivity index (χ2v) is 8.17. The molecule has 5 nitrogen and oxygen atoms in total. The molecule has 1 saturated heterocycles. The fourth-order valence-electron chi connectivity index (χ4n) is 3.64. The van der Waals surface area contributed by atoms with Gasteiger partial charge in [0.25, 0.3) is 5.91 Å². The van der Waals surface area contributed by atoms with Gasteiger partial charge in [0.05, 0.1) is 12.2 Å². The summed E-state index contributed by atoms with van der Waals surface area (Å²) in [5, 5.41) is 1.23. The molecular weight excluding hydrogens is 346 g/mol. The lowest BCUT2D eigenvalue weighted by atomic mass is 10.2. The van der Waals surface area contributed by atoms with Crippen molar-refractivity contribution >= 4 is 17.2 Å². The first kappa shape index (κ1) is 17.5. The van der Waals surface area contributed by atoms with Gasteiger partial charge in [-0.3, -0.25) is 9.69 Å². The van der Waals surface area contributed by atoms with E-state index in [1.54, 1.807) is 0 Å². The highest BCUT2D eigenvalue weighted by Gasteiger charge is 2.27. The highest BCUT2D eigenvalue weighted by atomic mass is 32.1. The number of aromatic nitrogens is 1. The summed E-state index contributed by atoms with van der Waals surface area (Å²) in [6, 6.07) is 9.54. The average molecular weight is 372 g/mol. The van der Waals surface area contributed by atoms with Crippen LogP contribution >= 0.6 is 11.3 Å². The van der Waals surface area contributed by atoms with Crippen molar-refractivity contribution in [3.63, 3.8) is 0 Å². The summed E-state index contributed by atoms with van der Waals surface area (Å²) in [4.78, 5) is 23.2. The molecular formula is C20H25N3O2S. The molecule has 1 aliphatic carbocycles. The summed E-state index contributed by atoms with van der Waals surface area (Å²) in [7, 11) is 0. The Morgan fingerprint density at radius 1 is 1.19 bits per heavy atom. The van der Waals surface area contributed by atoms with E-state index in [1.165, 1.54) is 28.4 Å². The van der Waals surface area contributed by atoms with Crippen LogP contribution in [0.4, 0.5) is 0 Å². The van der Waals surface area contributed by atoms with Crippen LogP contribution in [0, 0.1) is 0 Å². The Morgan fingerprint density at radius 3 is 2.69 bits per heavy atom. The summed E-state index contributed by atoms with van der Waals surface area (Å²) in [6.45, 7) is 6.05. The zero-order valence-corrected chi connectivity index (χ0v) is 16.0. The van der Waals surface area contributed by atoms with Gasteiger partial charge in [0.15, 0.2) is 6.10 Å². The summed E-state index contributed by atoms with van der Waals surface area (Å²) in [5.41, 5.74) is 1.32. The van der Waals surface area contributed by atoms with E-state index in [9.17, 15) is 4.79 Å². The minimum Gasteiger partial charge on any atom is -0.481 e. The van der Waals surface area contributed by atoms with Gasteiger partial charge < -0.3 is 9.64 Å². The van der Waals surface area contributed by atoms with Crippen molar-refractivity contribution in [3.8, 4) is 5.75 Å². The van der Waals surface area contributed by atoms with E-state index in [2.05, 4.69) is 4.90 Å². The number of nitrogens with zero attached hydrogens (tertiary/aromatic N) is 3. The lowest BCUT2D eigenvalue weighted by Gasteiger charge is -2.35. The van der Waals surface area contributed by atoms with Crippen LogP contribution in [0.3, 0.4) is 0 Å². The first-order valence-corrected chi connectivity index (χ1v) is 10.2. The molecule has 0 radical (unpaired) electrons. The molecule has 0 bridgehead atoms. The van der Waals surface area contributed by atoms with E-state index in [0.717, 1.165) is 44.9 Å². The van der Waals surface area contributed by atoms with Crippen LogP contribution in [0.2, 0.25) is 0 Å². The number of aryl methyl sites for hydroxylation is 2. The summed E-state index contributed by atoms with van der Waals surface area (Å²) < 4.78 is 5.77. The number of thiazole rings is 1. The van der Waals surface area contributed by atoms with Crippen molar-refractivity contribution in [3.05, 3.63) is 45.9 Å². The van der Waals surface area contributed by atoms with Gasteiger partial charge >= 0.3 is 0 Å². The third-order valence-electron chi connectivity index (χ3n) is 5.09. The van der Waals surface area contributed by atoms with E-state index in [0.29, 0.717) is 0 Å². The number of fused-ring (bicyclic) bond motifs is 1.